The summed E-state index contributed by atoms with van der Waals surface area (Å²) in [6, 6.07) is 15.2. The summed E-state index contributed by atoms with van der Waals surface area (Å²) in [7, 11) is 0. The highest BCUT2D eigenvalue weighted by Gasteiger charge is 2.19. The highest BCUT2D eigenvalue weighted by molar-refractivity contribution is 5.99. The molecule has 98 valence electrons. The third-order valence-corrected chi connectivity index (χ3v) is 3.26. The molecule has 0 atom stereocenters. The molecule has 3 aromatic rings. The number of aryl methyl sites for hydroxylation is 1. The lowest BCUT2D eigenvalue weighted by Crippen LogP contribution is -1.95. The first-order chi connectivity index (χ1) is 9.66. The summed E-state index contributed by atoms with van der Waals surface area (Å²) in [5, 5.41) is 12.1. The van der Waals surface area contributed by atoms with E-state index >= 15 is 0 Å². The first-order valence-corrected chi connectivity index (χ1v) is 6.26. The van der Waals surface area contributed by atoms with Crippen molar-refractivity contribution in [3.05, 3.63) is 70.4 Å². The molecule has 0 aliphatic carbocycles. The molecule has 1 aromatic heterocycles. The fourth-order valence-corrected chi connectivity index (χ4v) is 2.34. The van der Waals surface area contributed by atoms with E-state index in [2.05, 4.69) is 4.98 Å². The van der Waals surface area contributed by atoms with Crippen LogP contribution < -0.4 is 0 Å². The van der Waals surface area contributed by atoms with Crippen molar-refractivity contribution in [2.24, 2.45) is 0 Å². The van der Waals surface area contributed by atoms with Crippen molar-refractivity contribution < 1.29 is 4.92 Å². The van der Waals surface area contributed by atoms with E-state index in [0.717, 1.165) is 22.0 Å². The Hall–Kier alpha value is -2.75. The molecule has 3 rings (SSSR count). The summed E-state index contributed by atoms with van der Waals surface area (Å²) in [5.74, 6) is 0. The fourth-order valence-electron chi connectivity index (χ4n) is 2.34. The smallest absolute Gasteiger partial charge is 0.258 e. The van der Waals surface area contributed by atoms with Crippen LogP contribution in [-0.4, -0.2) is 9.91 Å². The zero-order chi connectivity index (χ0) is 14.1. The molecule has 0 spiro atoms. The van der Waals surface area contributed by atoms with Crippen molar-refractivity contribution in [3.63, 3.8) is 0 Å². The molecule has 0 aliphatic rings. The number of hydrogen-bond acceptors (Lipinski definition) is 3. The van der Waals surface area contributed by atoms with Gasteiger partial charge >= 0.3 is 0 Å². The Bertz CT molecular complexity index is 798. The number of fused-ring (bicyclic) bond motifs is 1. The van der Waals surface area contributed by atoms with Crippen molar-refractivity contribution in [3.8, 4) is 11.1 Å². The molecule has 0 N–H and O–H groups in total. The third kappa shape index (κ3) is 2.01. The van der Waals surface area contributed by atoms with Gasteiger partial charge in [0.2, 0.25) is 0 Å². The molecule has 2 aromatic carbocycles. The quantitative estimate of drug-likeness (QED) is 0.516. The lowest BCUT2D eigenvalue weighted by Gasteiger charge is -2.08. The van der Waals surface area contributed by atoms with Crippen molar-refractivity contribution in [1.82, 2.24) is 4.98 Å². The summed E-state index contributed by atoms with van der Waals surface area (Å²) in [5.41, 5.74) is 3.34. The molecular formula is C16H12N2O2. The molecule has 4 nitrogen and oxygen atoms in total. The van der Waals surface area contributed by atoms with Crippen molar-refractivity contribution in [2.75, 3.05) is 0 Å². The first-order valence-electron chi connectivity index (χ1n) is 6.26. The maximum Gasteiger partial charge on any atom is 0.295 e. The number of aromatic nitrogens is 1. The van der Waals surface area contributed by atoms with Gasteiger partial charge in [-0.3, -0.25) is 10.1 Å². The molecule has 0 bridgehead atoms. The topological polar surface area (TPSA) is 56.0 Å². The Balaban J connectivity index is 2.41. The second-order valence-electron chi connectivity index (χ2n) is 4.66. The SMILES string of the molecule is Cc1ccc2c(-c3ccccc3)c([N+](=O)[O-])cnc2c1. The highest BCUT2D eigenvalue weighted by atomic mass is 16.6. The fraction of sp³-hybridized carbons (Fsp3) is 0.0625. The van der Waals surface area contributed by atoms with Gasteiger partial charge in [-0.05, 0) is 24.1 Å². The predicted octanol–water partition coefficient (Wildman–Crippen LogP) is 4.12. The minimum Gasteiger partial charge on any atom is -0.258 e. The van der Waals surface area contributed by atoms with E-state index in [0.29, 0.717) is 5.56 Å². The van der Waals surface area contributed by atoms with Gasteiger partial charge in [0.1, 0.15) is 6.20 Å². The predicted molar refractivity (Wildman–Crippen MR) is 78.6 cm³/mol. The van der Waals surface area contributed by atoms with Crippen LogP contribution in [0.15, 0.2) is 54.7 Å². The molecule has 0 amide bonds. The van der Waals surface area contributed by atoms with Crippen LogP contribution in [0.2, 0.25) is 0 Å². The lowest BCUT2D eigenvalue weighted by molar-refractivity contribution is -0.384. The average molecular weight is 264 g/mol. The maximum absolute atomic E-state index is 11.3. The zero-order valence-electron chi connectivity index (χ0n) is 10.9. The van der Waals surface area contributed by atoms with Gasteiger partial charge < -0.3 is 0 Å². The molecule has 0 fully saturated rings. The molecule has 0 aliphatic heterocycles. The number of pyridine rings is 1. The largest absolute Gasteiger partial charge is 0.295 e. The van der Waals surface area contributed by atoms with Crippen molar-refractivity contribution in [2.45, 2.75) is 6.92 Å². The van der Waals surface area contributed by atoms with Crippen LogP contribution >= 0.6 is 0 Å². The Morgan fingerprint density at radius 3 is 2.55 bits per heavy atom. The van der Waals surface area contributed by atoms with Crippen LogP contribution in [0.3, 0.4) is 0 Å². The van der Waals surface area contributed by atoms with Crippen LogP contribution in [0.4, 0.5) is 5.69 Å². The van der Waals surface area contributed by atoms with E-state index in [-0.39, 0.29) is 10.6 Å². The normalized spacial score (nSPS) is 10.7. The molecule has 0 saturated heterocycles. The lowest BCUT2D eigenvalue weighted by atomic mass is 9.99. The maximum atomic E-state index is 11.3. The number of nitrogens with zero attached hydrogens (tertiary/aromatic N) is 2. The van der Waals surface area contributed by atoms with Gasteiger partial charge in [-0.15, -0.1) is 0 Å². The Morgan fingerprint density at radius 2 is 1.85 bits per heavy atom. The molecular weight excluding hydrogens is 252 g/mol. The third-order valence-electron chi connectivity index (χ3n) is 3.26. The molecule has 0 saturated carbocycles. The average Bonchev–Trinajstić information content (AvgIpc) is 2.46. The number of rotatable bonds is 2. The van der Waals surface area contributed by atoms with Gasteiger partial charge in [0.05, 0.1) is 16.0 Å². The van der Waals surface area contributed by atoms with E-state index in [1.165, 1.54) is 6.20 Å². The monoisotopic (exact) mass is 264 g/mol. The van der Waals surface area contributed by atoms with E-state index in [4.69, 9.17) is 0 Å². The van der Waals surface area contributed by atoms with Crippen molar-refractivity contribution in [1.29, 1.82) is 0 Å². The number of hydrogen-bond donors (Lipinski definition) is 0. The summed E-state index contributed by atoms with van der Waals surface area (Å²) < 4.78 is 0. The van der Waals surface area contributed by atoms with Gasteiger partial charge in [-0.25, -0.2) is 4.98 Å². The van der Waals surface area contributed by atoms with Gasteiger partial charge in [-0.1, -0.05) is 42.5 Å². The molecule has 1 heterocycles. The zero-order valence-corrected chi connectivity index (χ0v) is 10.9. The Kier molecular flexibility index (Phi) is 2.91. The van der Waals surface area contributed by atoms with E-state index in [1.54, 1.807) is 0 Å². The van der Waals surface area contributed by atoms with Gasteiger partial charge in [0, 0.05) is 5.39 Å². The standard InChI is InChI=1S/C16H12N2O2/c1-11-7-8-13-14(9-11)17-10-15(18(19)20)16(13)12-5-3-2-4-6-12/h2-10H,1H3. The van der Waals surface area contributed by atoms with Crippen LogP contribution in [0.5, 0.6) is 0 Å². The second kappa shape index (κ2) is 4.74. The van der Waals surface area contributed by atoms with Gasteiger partial charge in [0.25, 0.3) is 5.69 Å². The Labute approximate surface area is 115 Å². The first kappa shape index (κ1) is 12.3. The molecule has 4 heteroatoms. The van der Waals surface area contributed by atoms with Crippen LogP contribution in [0.25, 0.3) is 22.0 Å². The molecule has 20 heavy (non-hydrogen) atoms. The van der Waals surface area contributed by atoms with Gasteiger partial charge in [0.15, 0.2) is 0 Å². The summed E-state index contributed by atoms with van der Waals surface area (Å²) in [4.78, 5) is 15.1. The Morgan fingerprint density at radius 1 is 1.10 bits per heavy atom. The van der Waals surface area contributed by atoms with Crippen molar-refractivity contribution >= 4 is 16.6 Å². The summed E-state index contributed by atoms with van der Waals surface area (Å²) in [6.45, 7) is 1.98. The van der Waals surface area contributed by atoms with E-state index in [1.807, 2.05) is 55.5 Å². The van der Waals surface area contributed by atoms with E-state index < -0.39 is 0 Å². The summed E-state index contributed by atoms with van der Waals surface area (Å²) in [6.07, 6.45) is 1.34. The number of nitro groups is 1. The minimum atomic E-state index is -0.380. The number of benzene rings is 2. The minimum absolute atomic E-state index is 0.0348. The second-order valence-corrected chi connectivity index (χ2v) is 4.66. The summed E-state index contributed by atoms with van der Waals surface area (Å²) >= 11 is 0. The highest BCUT2D eigenvalue weighted by Crippen LogP contribution is 2.35. The van der Waals surface area contributed by atoms with Gasteiger partial charge in [-0.2, -0.15) is 0 Å². The van der Waals surface area contributed by atoms with Crippen LogP contribution in [0.1, 0.15) is 5.56 Å². The molecule has 0 unspecified atom stereocenters. The van der Waals surface area contributed by atoms with Crippen LogP contribution in [-0.2, 0) is 0 Å². The van der Waals surface area contributed by atoms with Crippen LogP contribution in [0, 0.1) is 17.0 Å². The van der Waals surface area contributed by atoms with E-state index in [9.17, 15) is 10.1 Å². The molecule has 0 radical (unpaired) electrons.